The summed E-state index contributed by atoms with van der Waals surface area (Å²) in [5.41, 5.74) is 6.21. The van der Waals surface area contributed by atoms with Crippen molar-refractivity contribution in [2.24, 2.45) is 11.7 Å². The van der Waals surface area contributed by atoms with Gasteiger partial charge in [0, 0.05) is 17.6 Å². The molecule has 1 aliphatic rings. The second kappa shape index (κ2) is 4.57. The summed E-state index contributed by atoms with van der Waals surface area (Å²) in [5.74, 6) is 0.420. The highest BCUT2D eigenvalue weighted by Gasteiger charge is 2.36. The van der Waals surface area contributed by atoms with E-state index in [0.717, 1.165) is 12.0 Å². The molecule has 4 nitrogen and oxygen atoms in total. The van der Waals surface area contributed by atoms with E-state index >= 15 is 0 Å². The Morgan fingerprint density at radius 2 is 2.18 bits per heavy atom. The largest absolute Gasteiger partial charge is 0.326 e. The van der Waals surface area contributed by atoms with E-state index in [1.54, 1.807) is 6.07 Å². The molecule has 1 aromatic rings. The summed E-state index contributed by atoms with van der Waals surface area (Å²) in [5, 5.41) is 0.388. The van der Waals surface area contributed by atoms with Crippen molar-refractivity contribution in [2.75, 3.05) is 0 Å². The third-order valence-electron chi connectivity index (χ3n) is 2.97. The third-order valence-corrected chi connectivity index (χ3v) is 4.81. The monoisotopic (exact) mass is 274 g/mol. The first-order chi connectivity index (χ1) is 7.94. The van der Waals surface area contributed by atoms with E-state index in [9.17, 15) is 8.42 Å². The molecule has 1 aromatic carbocycles. The topological polar surface area (TPSA) is 72.2 Å². The fourth-order valence-corrected chi connectivity index (χ4v) is 3.32. The van der Waals surface area contributed by atoms with Gasteiger partial charge >= 0.3 is 0 Å². The maximum atomic E-state index is 12.0. The van der Waals surface area contributed by atoms with Crippen LogP contribution in [0.25, 0.3) is 0 Å². The van der Waals surface area contributed by atoms with Crippen molar-refractivity contribution in [3.8, 4) is 0 Å². The highest BCUT2D eigenvalue weighted by atomic mass is 35.5. The van der Waals surface area contributed by atoms with Gasteiger partial charge in [-0.15, -0.1) is 0 Å². The van der Waals surface area contributed by atoms with E-state index in [4.69, 9.17) is 17.3 Å². The highest BCUT2D eigenvalue weighted by Crippen LogP contribution is 2.31. The van der Waals surface area contributed by atoms with Crippen LogP contribution in [0.3, 0.4) is 0 Å². The van der Waals surface area contributed by atoms with Crippen LogP contribution in [0.4, 0.5) is 0 Å². The molecule has 0 radical (unpaired) electrons. The van der Waals surface area contributed by atoms with Crippen molar-refractivity contribution in [1.82, 2.24) is 4.72 Å². The Bertz CT molecular complexity index is 530. The smallest absolute Gasteiger partial charge is 0.240 e. The number of nitrogens with two attached hydrogens (primary N) is 1. The molecule has 0 heterocycles. The summed E-state index contributed by atoms with van der Waals surface area (Å²) in [7, 11) is -3.45. The molecule has 0 bridgehead atoms. The van der Waals surface area contributed by atoms with Crippen LogP contribution in [0.5, 0.6) is 0 Å². The molecule has 3 N–H and O–H groups in total. The lowest BCUT2D eigenvalue weighted by molar-refractivity contribution is 0.578. The van der Waals surface area contributed by atoms with Crippen molar-refractivity contribution >= 4 is 21.6 Å². The summed E-state index contributed by atoms with van der Waals surface area (Å²) >= 11 is 5.94. The molecule has 0 saturated heterocycles. The van der Waals surface area contributed by atoms with Crippen LogP contribution in [0.1, 0.15) is 18.9 Å². The Morgan fingerprint density at radius 1 is 1.53 bits per heavy atom. The number of hydrogen-bond donors (Lipinski definition) is 2. The molecule has 2 rings (SSSR count). The van der Waals surface area contributed by atoms with Crippen LogP contribution in [-0.4, -0.2) is 14.5 Å². The average Bonchev–Trinajstić information content (AvgIpc) is 2.93. The van der Waals surface area contributed by atoms with Gasteiger partial charge in [-0.1, -0.05) is 24.6 Å². The van der Waals surface area contributed by atoms with Crippen LogP contribution >= 0.6 is 11.6 Å². The molecular weight excluding hydrogens is 260 g/mol. The Balaban J connectivity index is 2.24. The van der Waals surface area contributed by atoms with Crippen molar-refractivity contribution in [1.29, 1.82) is 0 Å². The van der Waals surface area contributed by atoms with E-state index in [2.05, 4.69) is 4.72 Å². The molecule has 0 spiro atoms. The van der Waals surface area contributed by atoms with Gasteiger partial charge in [0.1, 0.15) is 0 Å². The SMILES string of the molecule is CC1CC1NS(=O)(=O)c1ccc(CN)c(Cl)c1. The molecule has 94 valence electrons. The average molecular weight is 275 g/mol. The zero-order valence-electron chi connectivity index (χ0n) is 9.48. The summed E-state index contributed by atoms with van der Waals surface area (Å²) in [4.78, 5) is 0.193. The lowest BCUT2D eigenvalue weighted by Gasteiger charge is -2.08. The lowest BCUT2D eigenvalue weighted by atomic mass is 10.2. The fraction of sp³-hybridized carbons (Fsp3) is 0.455. The molecule has 2 atom stereocenters. The summed E-state index contributed by atoms with van der Waals surface area (Å²) in [6.07, 6.45) is 0.897. The van der Waals surface area contributed by atoms with Gasteiger partial charge in [-0.2, -0.15) is 0 Å². The molecule has 1 saturated carbocycles. The number of benzene rings is 1. The first-order valence-electron chi connectivity index (χ1n) is 5.45. The summed E-state index contributed by atoms with van der Waals surface area (Å²) in [6, 6.07) is 4.68. The van der Waals surface area contributed by atoms with E-state index in [1.165, 1.54) is 12.1 Å². The van der Waals surface area contributed by atoms with Crippen LogP contribution in [0, 0.1) is 5.92 Å². The van der Waals surface area contributed by atoms with E-state index < -0.39 is 10.0 Å². The number of halogens is 1. The predicted octanol–water partition coefficient (Wildman–Crippen LogP) is 1.49. The minimum absolute atomic E-state index is 0.0629. The fourth-order valence-electron chi connectivity index (χ4n) is 1.61. The van der Waals surface area contributed by atoms with Gasteiger partial charge < -0.3 is 5.73 Å². The van der Waals surface area contributed by atoms with E-state index in [0.29, 0.717) is 17.5 Å². The van der Waals surface area contributed by atoms with Crippen molar-refractivity contribution in [3.05, 3.63) is 28.8 Å². The third kappa shape index (κ3) is 2.80. The van der Waals surface area contributed by atoms with Crippen molar-refractivity contribution < 1.29 is 8.42 Å². The van der Waals surface area contributed by atoms with Crippen LogP contribution in [0.15, 0.2) is 23.1 Å². The maximum absolute atomic E-state index is 12.0. The highest BCUT2D eigenvalue weighted by molar-refractivity contribution is 7.89. The quantitative estimate of drug-likeness (QED) is 0.874. The second-order valence-electron chi connectivity index (χ2n) is 4.40. The van der Waals surface area contributed by atoms with Crippen LogP contribution in [-0.2, 0) is 16.6 Å². The Labute approximate surface area is 106 Å². The van der Waals surface area contributed by atoms with Crippen LogP contribution in [0.2, 0.25) is 5.02 Å². The Hall–Kier alpha value is -0.620. The molecule has 2 unspecified atom stereocenters. The first kappa shape index (κ1) is 12.8. The Morgan fingerprint density at radius 3 is 2.65 bits per heavy atom. The van der Waals surface area contributed by atoms with Gasteiger partial charge in [0.25, 0.3) is 0 Å². The molecular formula is C11H15ClN2O2S. The number of hydrogen-bond acceptors (Lipinski definition) is 3. The van der Waals surface area contributed by atoms with Gasteiger partial charge in [0.15, 0.2) is 0 Å². The van der Waals surface area contributed by atoms with E-state index in [-0.39, 0.29) is 10.9 Å². The number of rotatable bonds is 4. The minimum Gasteiger partial charge on any atom is -0.326 e. The lowest BCUT2D eigenvalue weighted by Crippen LogP contribution is -2.26. The molecule has 0 aromatic heterocycles. The van der Waals surface area contributed by atoms with Crippen molar-refractivity contribution in [3.63, 3.8) is 0 Å². The first-order valence-corrected chi connectivity index (χ1v) is 7.31. The van der Waals surface area contributed by atoms with Crippen molar-refractivity contribution in [2.45, 2.75) is 30.8 Å². The predicted molar refractivity (Wildman–Crippen MR) is 67.2 cm³/mol. The normalized spacial score (nSPS) is 23.7. The molecule has 6 heteroatoms. The van der Waals surface area contributed by atoms with Gasteiger partial charge in [0.2, 0.25) is 10.0 Å². The standard InChI is InChI=1S/C11H15ClN2O2S/c1-7-4-11(7)14-17(15,16)9-3-2-8(6-13)10(12)5-9/h2-3,5,7,11,14H,4,6,13H2,1H3. The Kier molecular flexibility index (Phi) is 3.45. The molecule has 0 aliphatic heterocycles. The molecule has 0 amide bonds. The summed E-state index contributed by atoms with van der Waals surface area (Å²) in [6.45, 7) is 2.31. The molecule has 17 heavy (non-hydrogen) atoms. The van der Waals surface area contributed by atoms with Gasteiger partial charge in [-0.25, -0.2) is 13.1 Å². The number of sulfonamides is 1. The van der Waals surface area contributed by atoms with Gasteiger partial charge in [-0.3, -0.25) is 0 Å². The van der Waals surface area contributed by atoms with Crippen LogP contribution < -0.4 is 10.5 Å². The maximum Gasteiger partial charge on any atom is 0.240 e. The van der Waals surface area contributed by atoms with Gasteiger partial charge in [-0.05, 0) is 30.0 Å². The van der Waals surface area contributed by atoms with Gasteiger partial charge in [0.05, 0.1) is 4.90 Å². The zero-order valence-corrected chi connectivity index (χ0v) is 11.1. The summed E-state index contributed by atoms with van der Waals surface area (Å²) < 4.78 is 26.6. The number of nitrogens with one attached hydrogen (secondary N) is 1. The minimum atomic E-state index is -3.45. The molecule has 1 fully saturated rings. The van der Waals surface area contributed by atoms with E-state index in [1.807, 2.05) is 6.92 Å². The molecule has 1 aliphatic carbocycles. The zero-order chi connectivity index (χ0) is 12.6. The second-order valence-corrected chi connectivity index (χ2v) is 6.52.